The quantitative estimate of drug-likeness (QED) is 0.280. The molecule has 0 radical (unpaired) electrons. The second-order valence-corrected chi connectivity index (χ2v) is 8.20. The number of aromatic nitrogens is 1. The predicted octanol–water partition coefficient (Wildman–Crippen LogP) is 5.54. The fourth-order valence-electron chi connectivity index (χ4n) is 3.83. The molecule has 0 bridgehead atoms. The summed E-state index contributed by atoms with van der Waals surface area (Å²) in [7, 11) is 1.87. The van der Waals surface area contributed by atoms with Crippen LogP contribution in [0, 0.1) is 13.8 Å². The van der Waals surface area contributed by atoms with Crippen LogP contribution in [-0.2, 0) is 13.7 Å². The molecular weight excluding hydrogens is 426 g/mol. The van der Waals surface area contributed by atoms with Crippen molar-refractivity contribution in [2.75, 3.05) is 6.61 Å². The van der Waals surface area contributed by atoms with Crippen molar-refractivity contribution in [1.82, 2.24) is 9.99 Å². The zero-order valence-corrected chi connectivity index (χ0v) is 20.0. The fraction of sp³-hybridized carbons (Fsp3) is 0.214. The molecule has 0 atom stereocenters. The van der Waals surface area contributed by atoms with Gasteiger partial charge in [-0.05, 0) is 67.8 Å². The molecule has 1 N–H and O–H groups in total. The van der Waals surface area contributed by atoms with Crippen LogP contribution in [0.4, 0.5) is 0 Å². The van der Waals surface area contributed by atoms with Gasteiger partial charge in [0.05, 0.1) is 12.8 Å². The number of rotatable bonds is 8. The third-order valence-corrected chi connectivity index (χ3v) is 5.72. The van der Waals surface area contributed by atoms with Crippen molar-refractivity contribution >= 4 is 23.0 Å². The summed E-state index contributed by atoms with van der Waals surface area (Å²) in [4.78, 5) is 12.6. The second-order valence-electron chi connectivity index (χ2n) is 8.20. The SMILES string of the molecule is CCOc1cc(/C=N/NC(=O)c2cc3ccccc3n2C)ccc1OCc1cc(C)ccc1C. The summed E-state index contributed by atoms with van der Waals surface area (Å²) in [6, 6.07) is 21.7. The Labute approximate surface area is 199 Å². The second kappa shape index (κ2) is 10.3. The summed E-state index contributed by atoms with van der Waals surface area (Å²) in [6.45, 7) is 7.05. The van der Waals surface area contributed by atoms with Crippen LogP contribution in [0.25, 0.3) is 10.9 Å². The van der Waals surface area contributed by atoms with Crippen LogP contribution in [0.15, 0.2) is 71.8 Å². The van der Waals surface area contributed by atoms with E-state index in [9.17, 15) is 4.79 Å². The lowest BCUT2D eigenvalue weighted by Crippen LogP contribution is -2.20. The standard InChI is InChI=1S/C28H29N3O3/c1-5-33-27-15-21(12-13-26(27)34-18-23-14-19(2)10-11-20(23)3)17-29-30-28(32)25-16-22-8-6-7-9-24(22)31(25)4/h6-17H,5,18H2,1-4H3,(H,30,32)/b29-17+. The number of hydrazone groups is 1. The van der Waals surface area contributed by atoms with E-state index in [2.05, 4.69) is 42.6 Å². The Balaban J connectivity index is 1.45. The van der Waals surface area contributed by atoms with Gasteiger partial charge in [-0.2, -0.15) is 5.10 Å². The van der Waals surface area contributed by atoms with Gasteiger partial charge in [0.15, 0.2) is 11.5 Å². The number of hydrogen-bond donors (Lipinski definition) is 1. The molecule has 0 aliphatic rings. The summed E-state index contributed by atoms with van der Waals surface area (Å²) in [6.07, 6.45) is 1.59. The Kier molecular flexibility index (Phi) is 6.97. The maximum absolute atomic E-state index is 12.6. The van der Waals surface area contributed by atoms with Crippen molar-refractivity contribution in [3.8, 4) is 11.5 Å². The monoisotopic (exact) mass is 455 g/mol. The molecule has 1 amide bonds. The van der Waals surface area contributed by atoms with Crippen molar-refractivity contribution < 1.29 is 14.3 Å². The van der Waals surface area contributed by atoms with Crippen molar-refractivity contribution in [1.29, 1.82) is 0 Å². The molecule has 0 aliphatic carbocycles. The van der Waals surface area contributed by atoms with Crippen molar-refractivity contribution in [3.63, 3.8) is 0 Å². The van der Waals surface area contributed by atoms with Gasteiger partial charge in [0.2, 0.25) is 0 Å². The number of carbonyl (C=O) groups excluding carboxylic acids is 1. The maximum Gasteiger partial charge on any atom is 0.287 e. The fourth-order valence-corrected chi connectivity index (χ4v) is 3.83. The Hall–Kier alpha value is -4.06. The molecule has 1 heterocycles. The minimum Gasteiger partial charge on any atom is -0.490 e. The third-order valence-electron chi connectivity index (χ3n) is 5.72. The number of benzene rings is 3. The summed E-state index contributed by atoms with van der Waals surface area (Å²) in [5, 5.41) is 5.15. The first-order valence-electron chi connectivity index (χ1n) is 11.3. The minimum atomic E-state index is -0.270. The number of fused-ring (bicyclic) bond motifs is 1. The molecule has 4 rings (SSSR count). The lowest BCUT2D eigenvalue weighted by Gasteiger charge is -2.14. The van der Waals surface area contributed by atoms with Gasteiger partial charge in [-0.3, -0.25) is 4.79 Å². The Morgan fingerprint density at radius 2 is 1.82 bits per heavy atom. The van der Waals surface area contributed by atoms with Crippen LogP contribution in [0.1, 0.15) is 39.7 Å². The van der Waals surface area contributed by atoms with E-state index in [1.165, 1.54) is 11.1 Å². The van der Waals surface area contributed by atoms with E-state index in [1.54, 1.807) is 6.21 Å². The lowest BCUT2D eigenvalue weighted by atomic mass is 10.1. The number of nitrogens with zero attached hydrogens (tertiary/aromatic N) is 2. The molecule has 6 heteroatoms. The molecule has 34 heavy (non-hydrogen) atoms. The summed E-state index contributed by atoms with van der Waals surface area (Å²) in [5.41, 5.74) is 8.47. The van der Waals surface area contributed by atoms with E-state index < -0.39 is 0 Å². The number of para-hydroxylation sites is 1. The average Bonchev–Trinajstić information content (AvgIpc) is 3.17. The van der Waals surface area contributed by atoms with Crippen LogP contribution in [-0.4, -0.2) is 23.3 Å². The molecule has 3 aromatic carbocycles. The molecule has 0 aliphatic heterocycles. The van der Waals surface area contributed by atoms with E-state index in [0.717, 1.165) is 22.0 Å². The highest BCUT2D eigenvalue weighted by atomic mass is 16.5. The first kappa shape index (κ1) is 23.1. The number of ether oxygens (including phenoxy) is 2. The molecule has 4 aromatic rings. The first-order chi connectivity index (χ1) is 16.5. The van der Waals surface area contributed by atoms with Crippen LogP contribution in [0.2, 0.25) is 0 Å². The Bertz CT molecular complexity index is 1350. The number of hydrogen-bond acceptors (Lipinski definition) is 4. The lowest BCUT2D eigenvalue weighted by molar-refractivity contribution is 0.0947. The van der Waals surface area contributed by atoms with Gasteiger partial charge < -0.3 is 14.0 Å². The molecule has 0 saturated heterocycles. The van der Waals surface area contributed by atoms with E-state index >= 15 is 0 Å². The number of carbonyl (C=O) groups is 1. The normalized spacial score (nSPS) is 11.2. The van der Waals surface area contributed by atoms with E-state index in [0.29, 0.717) is 30.4 Å². The smallest absolute Gasteiger partial charge is 0.287 e. The summed E-state index contributed by atoms with van der Waals surface area (Å²) < 4.78 is 13.7. The molecule has 0 fully saturated rings. The molecule has 0 unspecified atom stereocenters. The van der Waals surface area contributed by atoms with Crippen LogP contribution in [0.5, 0.6) is 11.5 Å². The highest BCUT2D eigenvalue weighted by molar-refractivity contribution is 5.99. The minimum absolute atomic E-state index is 0.270. The summed E-state index contributed by atoms with van der Waals surface area (Å²) in [5.74, 6) is 1.03. The number of aryl methyl sites for hydroxylation is 3. The van der Waals surface area contributed by atoms with Gasteiger partial charge in [-0.25, -0.2) is 5.43 Å². The highest BCUT2D eigenvalue weighted by Gasteiger charge is 2.12. The third kappa shape index (κ3) is 5.12. The molecule has 174 valence electrons. The Morgan fingerprint density at radius 1 is 1.00 bits per heavy atom. The highest BCUT2D eigenvalue weighted by Crippen LogP contribution is 2.29. The zero-order valence-electron chi connectivity index (χ0n) is 20.0. The molecule has 0 saturated carbocycles. The van der Waals surface area contributed by atoms with E-state index in [-0.39, 0.29) is 5.91 Å². The average molecular weight is 456 g/mol. The van der Waals surface area contributed by atoms with E-state index in [4.69, 9.17) is 9.47 Å². The predicted molar refractivity (Wildman–Crippen MR) is 136 cm³/mol. The van der Waals surface area contributed by atoms with Gasteiger partial charge in [-0.1, -0.05) is 42.0 Å². The van der Waals surface area contributed by atoms with E-state index in [1.807, 2.05) is 67.1 Å². The zero-order chi connectivity index (χ0) is 24.1. The topological polar surface area (TPSA) is 64.8 Å². The number of amides is 1. The van der Waals surface area contributed by atoms with Crippen LogP contribution >= 0.6 is 0 Å². The van der Waals surface area contributed by atoms with Gasteiger partial charge >= 0.3 is 0 Å². The van der Waals surface area contributed by atoms with Gasteiger partial charge in [-0.15, -0.1) is 0 Å². The Morgan fingerprint density at radius 3 is 2.62 bits per heavy atom. The molecular formula is C28H29N3O3. The molecule has 6 nitrogen and oxygen atoms in total. The van der Waals surface area contributed by atoms with Gasteiger partial charge in [0.1, 0.15) is 12.3 Å². The molecule has 0 spiro atoms. The van der Waals surface area contributed by atoms with Crippen molar-refractivity contribution in [2.45, 2.75) is 27.4 Å². The molecule has 1 aromatic heterocycles. The van der Waals surface area contributed by atoms with Crippen molar-refractivity contribution in [2.24, 2.45) is 12.1 Å². The summed E-state index contributed by atoms with van der Waals surface area (Å²) >= 11 is 0. The first-order valence-corrected chi connectivity index (χ1v) is 11.3. The maximum atomic E-state index is 12.6. The van der Waals surface area contributed by atoms with Gasteiger partial charge in [0, 0.05) is 18.0 Å². The van der Waals surface area contributed by atoms with Crippen LogP contribution in [0.3, 0.4) is 0 Å². The van der Waals surface area contributed by atoms with Crippen molar-refractivity contribution in [3.05, 3.63) is 94.7 Å². The largest absolute Gasteiger partial charge is 0.490 e. The van der Waals surface area contributed by atoms with Crippen LogP contribution < -0.4 is 14.9 Å². The van der Waals surface area contributed by atoms with Gasteiger partial charge in [0.25, 0.3) is 5.91 Å². The number of nitrogens with one attached hydrogen (secondary N) is 1.